The first-order chi connectivity index (χ1) is 15.7. The molecule has 1 heterocycles. The summed E-state index contributed by atoms with van der Waals surface area (Å²) in [5.41, 5.74) is 5.05. The lowest BCUT2D eigenvalue weighted by Crippen LogP contribution is -2.54. The van der Waals surface area contributed by atoms with Crippen LogP contribution < -0.4 is 25.0 Å². The normalized spacial score (nSPS) is 14.3. The van der Waals surface area contributed by atoms with Crippen molar-refractivity contribution >= 4 is 21.8 Å². The molecule has 0 spiro atoms. The van der Waals surface area contributed by atoms with E-state index in [2.05, 4.69) is 15.6 Å². The quantitative estimate of drug-likeness (QED) is 0.520. The van der Waals surface area contributed by atoms with Gasteiger partial charge in [-0.3, -0.25) is 20.4 Å². The van der Waals surface area contributed by atoms with Gasteiger partial charge in [0.2, 0.25) is 15.9 Å². The first-order valence-corrected chi connectivity index (χ1v) is 11.9. The van der Waals surface area contributed by atoms with Crippen LogP contribution in [0.3, 0.4) is 0 Å². The third kappa shape index (κ3) is 6.65. The van der Waals surface area contributed by atoms with Gasteiger partial charge in [-0.25, -0.2) is 12.8 Å². The third-order valence-electron chi connectivity index (χ3n) is 4.86. The molecular weight excluding hydrogens is 453 g/mol. The Kier molecular flexibility index (Phi) is 7.88. The van der Waals surface area contributed by atoms with E-state index in [0.29, 0.717) is 36.7 Å². The smallest absolute Gasteiger partial charge is 0.256 e. The van der Waals surface area contributed by atoms with Crippen LogP contribution in [0.25, 0.3) is 0 Å². The van der Waals surface area contributed by atoms with E-state index in [1.165, 1.54) is 42.5 Å². The van der Waals surface area contributed by atoms with E-state index in [0.717, 1.165) is 0 Å². The molecule has 0 saturated carbocycles. The largest absolute Gasteiger partial charge is 0.490 e. The first kappa shape index (κ1) is 24.5. The van der Waals surface area contributed by atoms with Crippen LogP contribution in [0.1, 0.15) is 25.8 Å². The molecule has 0 radical (unpaired) electrons. The first-order valence-electron chi connectivity index (χ1n) is 10.4. The molecule has 3 rings (SSSR count). The fourth-order valence-electron chi connectivity index (χ4n) is 3.08. The lowest BCUT2D eigenvalue weighted by molar-refractivity contribution is -0.130. The number of hydrogen-bond donors (Lipinski definition) is 3. The van der Waals surface area contributed by atoms with Crippen molar-refractivity contribution in [3.8, 4) is 11.5 Å². The van der Waals surface area contributed by atoms with Crippen molar-refractivity contribution in [2.75, 3.05) is 13.2 Å². The number of ether oxygens (including phenoxy) is 2. The van der Waals surface area contributed by atoms with Gasteiger partial charge in [-0.15, -0.1) is 0 Å². The second-order valence-electron chi connectivity index (χ2n) is 7.84. The molecule has 2 aromatic rings. The van der Waals surface area contributed by atoms with Gasteiger partial charge in [0.15, 0.2) is 11.5 Å². The van der Waals surface area contributed by atoms with Gasteiger partial charge in [0.1, 0.15) is 11.9 Å². The zero-order chi connectivity index (χ0) is 24.0. The number of halogens is 1. The van der Waals surface area contributed by atoms with Crippen LogP contribution in [0.4, 0.5) is 4.39 Å². The molecule has 0 aromatic heterocycles. The highest BCUT2D eigenvalue weighted by molar-refractivity contribution is 7.89. The Morgan fingerprint density at radius 2 is 1.67 bits per heavy atom. The summed E-state index contributed by atoms with van der Waals surface area (Å²) in [6.45, 7) is 4.21. The number of hydrazine groups is 1. The molecule has 0 fully saturated rings. The van der Waals surface area contributed by atoms with E-state index in [-0.39, 0.29) is 11.3 Å². The summed E-state index contributed by atoms with van der Waals surface area (Å²) in [6, 6.07) is 8.44. The Morgan fingerprint density at radius 3 is 2.33 bits per heavy atom. The van der Waals surface area contributed by atoms with Crippen LogP contribution in [-0.2, 0) is 26.0 Å². The standard InChI is InChI=1S/C22H26FN3O6S/c1-14(2)21(22(28)25-24-20(27)12-15-4-6-16(23)7-5-15)26-33(29,30)17-8-9-18-19(13-17)32-11-3-10-31-18/h4-9,13-14,21,26H,3,10-12H2,1-2H3,(H,24,27)(H,25,28). The van der Waals surface area contributed by atoms with E-state index < -0.39 is 39.6 Å². The van der Waals surface area contributed by atoms with Gasteiger partial charge in [-0.05, 0) is 35.7 Å². The summed E-state index contributed by atoms with van der Waals surface area (Å²) in [6.07, 6.45) is 0.591. The van der Waals surface area contributed by atoms with Crippen LogP contribution in [0.5, 0.6) is 11.5 Å². The second kappa shape index (κ2) is 10.6. The topological polar surface area (TPSA) is 123 Å². The number of rotatable bonds is 7. The average Bonchev–Trinajstić information content (AvgIpc) is 3.02. The van der Waals surface area contributed by atoms with Crippen molar-refractivity contribution in [1.82, 2.24) is 15.6 Å². The zero-order valence-corrected chi connectivity index (χ0v) is 19.1. The number of amides is 2. The summed E-state index contributed by atoms with van der Waals surface area (Å²) >= 11 is 0. The molecule has 0 bridgehead atoms. The van der Waals surface area contributed by atoms with E-state index in [4.69, 9.17) is 9.47 Å². The molecule has 1 atom stereocenters. The van der Waals surface area contributed by atoms with Crippen LogP contribution in [0.15, 0.2) is 47.4 Å². The van der Waals surface area contributed by atoms with Crippen molar-refractivity contribution in [2.45, 2.75) is 37.6 Å². The second-order valence-corrected chi connectivity index (χ2v) is 9.56. The highest BCUT2D eigenvalue weighted by atomic mass is 32.2. The van der Waals surface area contributed by atoms with Crippen molar-refractivity contribution < 1.29 is 31.9 Å². The number of nitrogens with one attached hydrogen (secondary N) is 3. The minimum Gasteiger partial charge on any atom is -0.490 e. The van der Waals surface area contributed by atoms with Crippen LogP contribution in [0.2, 0.25) is 0 Å². The number of carbonyl (C=O) groups is 2. The summed E-state index contributed by atoms with van der Waals surface area (Å²) in [4.78, 5) is 24.6. The minimum absolute atomic E-state index is 0.0782. The molecule has 2 aromatic carbocycles. The van der Waals surface area contributed by atoms with E-state index in [9.17, 15) is 22.4 Å². The zero-order valence-electron chi connectivity index (χ0n) is 18.3. The van der Waals surface area contributed by atoms with E-state index in [1.54, 1.807) is 13.8 Å². The number of hydrogen-bond acceptors (Lipinski definition) is 6. The third-order valence-corrected chi connectivity index (χ3v) is 6.30. The Morgan fingerprint density at radius 1 is 1.00 bits per heavy atom. The number of benzene rings is 2. The van der Waals surface area contributed by atoms with Gasteiger partial charge in [0.05, 0.1) is 24.5 Å². The van der Waals surface area contributed by atoms with Crippen molar-refractivity contribution in [2.24, 2.45) is 5.92 Å². The average molecular weight is 480 g/mol. The van der Waals surface area contributed by atoms with Crippen molar-refractivity contribution in [3.05, 3.63) is 53.8 Å². The van der Waals surface area contributed by atoms with Gasteiger partial charge < -0.3 is 9.47 Å². The lowest BCUT2D eigenvalue weighted by atomic mass is 10.1. The molecule has 1 aliphatic heterocycles. The predicted molar refractivity (Wildman–Crippen MR) is 117 cm³/mol. The molecule has 3 N–H and O–H groups in total. The molecular formula is C22H26FN3O6S. The molecule has 11 heteroatoms. The van der Waals surface area contributed by atoms with Crippen molar-refractivity contribution in [1.29, 1.82) is 0 Å². The Bertz CT molecular complexity index is 1110. The molecule has 9 nitrogen and oxygen atoms in total. The van der Waals surface area contributed by atoms with Crippen LogP contribution >= 0.6 is 0 Å². The molecule has 33 heavy (non-hydrogen) atoms. The Balaban J connectivity index is 1.64. The Hall–Kier alpha value is -3.18. The van der Waals surface area contributed by atoms with Gasteiger partial charge in [0, 0.05) is 12.5 Å². The molecule has 1 aliphatic rings. The monoisotopic (exact) mass is 479 g/mol. The molecule has 1 unspecified atom stereocenters. The Labute approximate surface area is 191 Å². The summed E-state index contributed by atoms with van der Waals surface area (Å²) in [5.74, 6) is -1.34. The number of sulfonamides is 1. The fraction of sp³-hybridized carbons (Fsp3) is 0.364. The summed E-state index contributed by atoms with van der Waals surface area (Å²) < 4.78 is 52.3. The SMILES string of the molecule is CC(C)C(NS(=O)(=O)c1ccc2c(c1)OCCCO2)C(=O)NNC(=O)Cc1ccc(F)cc1. The molecule has 0 saturated heterocycles. The van der Waals surface area contributed by atoms with Crippen LogP contribution in [0, 0.1) is 11.7 Å². The van der Waals surface area contributed by atoms with Crippen molar-refractivity contribution in [3.63, 3.8) is 0 Å². The van der Waals surface area contributed by atoms with E-state index >= 15 is 0 Å². The predicted octanol–water partition coefficient (Wildman–Crippen LogP) is 1.68. The van der Waals surface area contributed by atoms with Gasteiger partial charge in [-0.1, -0.05) is 26.0 Å². The summed E-state index contributed by atoms with van der Waals surface area (Å²) in [5, 5.41) is 0. The maximum Gasteiger partial charge on any atom is 0.256 e. The maximum atomic E-state index is 13.0. The minimum atomic E-state index is -4.08. The highest BCUT2D eigenvalue weighted by Gasteiger charge is 2.29. The van der Waals surface area contributed by atoms with E-state index in [1.807, 2.05) is 0 Å². The maximum absolute atomic E-state index is 13.0. The fourth-order valence-corrected chi connectivity index (χ4v) is 4.44. The molecule has 0 aliphatic carbocycles. The summed E-state index contributed by atoms with van der Waals surface area (Å²) in [7, 11) is -4.08. The number of fused-ring (bicyclic) bond motifs is 1. The highest BCUT2D eigenvalue weighted by Crippen LogP contribution is 2.32. The lowest BCUT2D eigenvalue weighted by Gasteiger charge is -2.22. The van der Waals surface area contributed by atoms with Crippen LogP contribution in [-0.4, -0.2) is 39.5 Å². The van der Waals surface area contributed by atoms with Gasteiger partial charge in [-0.2, -0.15) is 4.72 Å². The van der Waals surface area contributed by atoms with Gasteiger partial charge >= 0.3 is 0 Å². The van der Waals surface area contributed by atoms with Gasteiger partial charge in [0.25, 0.3) is 5.91 Å². The molecule has 2 amide bonds. The number of carbonyl (C=O) groups excluding carboxylic acids is 2. The molecule has 178 valence electrons.